The Morgan fingerprint density at radius 3 is 2.30 bits per heavy atom. The van der Waals surface area contributed by atoms with Crippen molar-refractivity contribution in [2.75, 3.05) is 6.54 Å². The Hall–Kier alpha value is -1.17. The van der Waals surface area contributed by atoms with Gasteiger partial charge in [0, 0.05) is 17.4 Å². The van der Waals surface area contributed by atoms with Crippen LogP contribution in [0.2, 0.25) is 0 Å². The van der Waals surface area contributed by atoms with Gasteiger partial charge in [-0.1, -0.05) is 65.3 Å². The first-order chi connectivity index (χ1) is 9.58. The van der Waals surface area contributed by atoms with Gasteiger partial charge in [-0.3, -0.25) is 0 Å². The van der Waals surface area contributed by atoms with E-state index in [1.807, 2.05) is 36.4 Å². The Morgan fingerprint density at radius 1 is 1.05 bits per heavy atom. The zero-order chi connectivity index (χ0) is 14.6. The number of sulfonamides is 1. The molecule has 0 radical (unpaired) electrons. The smallest absolute Gasteiger partial charge is 0.211 e. The molecule has 0 aliphatic carbocycles. The van der Waals surface area contributed by atoms with Gasteiger partial charge in [0.15, 0.2) is 0 Å². The largest absolute Gasteiger partial charge is 0.241 e. The van der Waals surface area contributed by atoms with Crippen molar-refractivity contribution >= 4 is 26.0 Å². The predicted octanol–water partition coefficient (Wildman–Crippen LogP) is 3.55. The second-order valence-corrected chi connectivity index (χ2v) is 6.62. The van der Waals surface area contributed by atoms with Gasteiger partial charge in [0.25, 0.3) is 0 Å². The molecule has 0 atom stereocenters. The number of hydrogen-bond donors (Lipinski definition) is 1. The van der Waals surface area contributed by atoms with E-state index in [0.717, 1.165) is 22.0 Å². The molecule has 0 bridgehead atoms. The summed E-state index contributed by atoms with van der Waals surface area (Å²) in [6, 6.07) is 14.9. The van der Waals surface area contributed by atoms with E-state index in [2.05, 4.69) is 20.7 Å². The van der Waals surface area contributed by atoms with Gasteiger partial charge in [-0.05, 0) is 17.2 Å². The van der Waals surface area contributed by atoms with Crippen molar-refractivity contribution in [3.63, 3.8) is 0 Å². The molecule has 2 aromatic rings. The molecule has 0 amide bonds. The molecule has 20 heavy (non-hydrogen) atoms. The number of alkyl halides is 1. The molecule has 2 aromatic carbocycles. The fourth-order valence-corrected chi connectivity index (χ4v) is 3.62. The maximum absolute atomic E-state index is 12.2. The maximum Gasteiger partial charge on any atom is 0.241 e. The second-order valence-electron chi connectivity index (χ2n) is 4.33. The Balaban J connectivity index is 2.52. The van der Waals surface area contributed by atoms with E-state index in [1.165, 1.54) is 0 Å². The first-order valence-corrected chi connectivity index (χ1v) is 8.93. The van der Waals surface area contributed by atoms with Gasteiger partial charge in [0.05, 0.1) is 4.90 Å². The summed E-state index contributed by atoms with van der Waals surface area (Å²) in [5, 5.41) is 0.782. The molecule has 106 valence electrons. The summed E-state index contributed by atoms with van der Waals surface area (Å²) < 4.78 is 27.0. The molecule has 0 heterocycles. The molecule has 1 N–H and O–H groups in total. The van der Waals surface area contributed by atoms with E-state index >= 15 is 0 Å². The number of rotatable bonds is 5. The lowest BCUT2D eigenvalue weighted by Crippen LogP contribution is -2.23. The Kier molecular flexibility index (Phi) is 4.96. The van der Waals surface area contributed by atoms with Crippen molar-refractivity contribution in [2.24, 2.45) is 0 Å². The Morgan fingerprint density at radius 2 is 1.70 bits per heavy atom. The number of benzene rings is 2. The summed E-state index contributed by atoms with van der Waals surface area (Å²) in [6.45, 7) is 2.14. The number of hydrogen-bond acceptors (Lipinski definition) is 2. The molecule has 0 aliphatic heterocycles. The molecule has 0 unspecified atom stereocenters. The highest BCUT2D eigenvalue weighted by Gasteiger charge is 2.17. The SMILES string of the molecule is CCNS(=O)(=O)c1ccccc1-c1ccc(CBr)cc1. The molecular weight excluding hydrogens is 338 g/mol. The lowest BCUT2D eigenvalue weighted by atomic mass is 10.0. The van der Waals surface area contributed by atoms with Gasteiger partial charge < -0.3 is 0 Å². The minimum Gasteiger partial charge on any atom is -0.211 e. The standard InChI is InChI=1S/C15H16BrNO2S/c1-2-17-20(18,19)15-6-4-3-5-14(15)13-9-7-12(11-16)8-10-13/h3-10,17H,2,11H2,1H3. The topological polar surface area (TPSA) is 46.2 Å². The van der Waals surface area contributed by atoms with Crippen LogP contribution in [0.15, 0.2) is 53.4 Å². The van der Waals surface area contributed by atoms with Crippen LogP contribution in [0.3, 0.4) is 0 Å². The molecule has 5 heteroatoms. The highest BCUT2D eigenvalue weighted by molar-refractivity contribution is 9.08. The highest BCUT2D eigenvalue weighted by atomic mass is 79.9. The summed E-state index contributed by atoms with van der Waals surface area (Å²) in [7, 11) is -3.46. The third-order valence-corrected chi connectivity index (χ3v) is 5.18. The molecule has 3 nitrogen and oxygen atoms in total. The van der Waals surface area contributed by atoms with E-state index in [1.54, 1.807) is 19.1 Å². The van der Waals surface area contributed by atoms with Gasteiger partial charge in [0.1, 0.15) is 0 Å². The summed E-state index contributed by atoms with van der Waals surface area (Å²) in [6.07, 6.45) is 0. The lowest BCUT2D eigenvalue weighted by molar-refractivity contribution is 0.584. The van der Waals surface area contributed by atoms with Crippen LogP contribution < -0.4 is 4.72 Å². The predicted molar refractivity (Wildman–Crippen MR) is 85.4 cm³/mol. The highest BCUT2D eigenvalue weighted by Crippen LogP contribution is 2.27. The second kappa shape index (κ2) is 6.52. The monoisotopic (exact) mass is 353 g/mol. The minimum absolute atomic E-state index is 0.313. The first-order valence-electron chi connectivity index (χ1n) is 6.32. The molecule has 2 rings (SSSR count). The van der Waals surface area contributed by atoms with Gasteiger partial charge in [0.2, 0.25) is 10.0 Å². The Labute approximate surface area is 128 Å². The van der Waals surface area contributed by atoms with Crippen LogP contribution in [0.4, 0.5) is 0 Å². The minimum atomic E-state index is -3.46. The summed E-state index contributed by atoms with van der Waals surface area (Å²) >= 11 is 3.40. The summed E-state index contributed by atoms with van der Waals surface area (Å²) in [5.74, 6) is 0. The van der Waals surface area contributed by atoms with E-state index in [9.17, 15) is 8.42 Å². The zero-order valence-corrected chi connectivity index (χ0v) is 13.5. The normalized spacial score (nSPS) is 11.5. The van der Waals surface area contributed by atoms with Crippen molar-refractivity contribution in [1.82, 2.24) is 4.72 Å². The average molecular weight is 354 g/mol. The third-order valence-electron chi connectivity index (χ3n) is 2.93. The van der Waals surface area contributed by atoms with Gasteiger partial charge >= 0.3 is 0 Å². The van der Waals surface area contributed by atoms with E-state index < -0.39 is 10.0 Å². The number of nitrogens with one attached hydrogen (secondary N) is 1. The lowest BCUT2D eigenvalue weighted by Gasteiger charge is -2.11. The van der Waals surface area contributed by atoms with Crippen LogP contribution in [0.5, 0.6) is 0 Å². The Bertz CT molecular complexity index is 681. The van der Waals surface area contributed by atoms with Crippen molar-refractivity contribution in [2.45, 2.75) is 17.1 Å². The maximum atomic E-state index is 12.2. The molecule has 0 saturated heterocycles. The summed E-state index contributed by atoms with van der Waals surface area (Å²) in [5.41, 5.74) is 2.77. The molecule has 0 spiro atoms. The van der Waals surface area contributed by atoms with Crippen LogP contribution in [0.25, 0.3) is 11.1 Å². The van der Waals surface area contributed by atoms with E-state index in [-0.39, 0.29) is 0 Å². The fraction of sp³-hybridized carbons (Fsp3) is 0.200. The molecule has 0 fully saturated rings. The third kappa shape index (κ3) is 3.29. The van der Waals surface area contributed by atoms with Crippen molar-refractivity contribution in [3.05, 3.63) is 54.1 Å². The van der Waals surface area contributed by atoms with E-state index in [4.69, 9.17) is 0 Å². The molecular formula is C15H16BrNO2S. The van der Waals surface area contributed by atoms with Gasteiger partial charge in [-0.15, -0.1) is 0 Å². The molecule has 0 aromatic heterocycles. The molecule has 0 aliphatic rings. The van der Waals surface area contributed by atoms with Crippen LogP contribution in [0.1, 0.15) is 12.5 Å². The van der Waals surface area contributed by atoms with Crippen molar-refractivity contribution < 1.29 is 8.42 Å². The first kappa shape index (κ1) is 15.2. The van der Waals surface area contributed by atoms with Crippen LogP contribution in [-0.2, 0) is 15.4 Å². The van der Waals surface area contributed by atoms with Crippen LogP contribution in [-0.4, -0.2) is 15.0 Å². The van der Waals surface area contributed by atoms with Crippen molar-refractivity contribution in [3.8, 4) is 11.1 Å². The van der Waals surface area contributed by atoms with Gasteiger partial charge in [-0.25, -0.2) is 13.1 Å². The van der Waals surface area contributed by atoms with Crippen LogP contribution in [0, 0.1) is 0 Å². The van der Waals surface area contributed by atoms with Crippen molar-refractivity contribution in [1.29, 1.82) is 0 Å². The quantitative estimate of drug-likeness (QED) is 0.835. The average Bonchev–Trinajstić information content (AvgIpc) is 2.47. The fourth-order valence-electron chi connectivity index (χ4n) is 1.98. The van der Waals surface area contributed by atoms with Crippen LogP contribution >= 0.6 is 15.9 Å². The molecule has 0 saturated carbocycles. The zero-order valence-electron chi connectivity index (χ0n) is 11.1. The van der Waals surface area contributed by atoms with E-state index in [0.29, 0.717) is 11.4 Å². The number of halogens is 1. The summed E-state index contributed by atoms with van der Waals surface area (Å²) in [4.78, 5) is 0.313. The van der Waals surface area contributed by atoms with Gasteiger partial charge in [-0.2, -0.15) is 0 Å².